The molecule has 0 saturated heterocycles. The Labute approximate surface area is 162 Å². The molecular weight excluding hydrogens is 360 g/mol. The van der Waals surface area contributed by atoms with Gasteiger partial charge in [-0.15, -0.1) is 11.8 Å². The second-order valence-electron chi connectivity index (χ2n) is 6.42. The molecule has 0 spiro atoms. The quantitative estimate of drug-likeness (QED) is 0.816. The highest BCUT2D eigenvalue weighted by Crippen LogP contribution is 2.34. The molecule has 1 aromatic rings. The van der Waals surface area contributed by atoms with Gasteiger partial charge < -0.3 is 10.2 Å². The molecule has 0 saturated carbocycles. The number of thioether (sulfide) groups is 1. The van der Waals surface area contributed by atoms with Gasteiger partial charge in [-0.05, 0) is 18.4 Å². The highest BCUT2D eigenvalue weighted by molar-refractivity contribution is 7.98. The van der Waals surface area contributed by atoms with Crippen molar-refractivity contribution in [3.05, 3.63) is 59.6 Å². The van der Waals surface area contributed by atoms with E-state index in [4.69, 9.17) is 0 Å². The molecule has 0 fully saturated rings. The lowest BCUT2D eigenvalue weighted by Crippen LogP contribution is -2.52. The molecule has 138 valence electrons. The van der Waals surface area contributed by atoms with Gasteiger partial charge in [-0.25, -0.2) is 9.69 Å². The number of para-hydroxylation sites is 1. The zero-order valence-corrected chi connectivity index (χ0v) is 15.8. The first-order valence-electron chi connectivity index (χ1n) is 8.79. The Morgan fingerprint density at radius 2 is 2.11 bits per heavy atom. The van der Waals surface area contributed by atoms with E-state index in [0.717, 1.165) is 22.0 Å². The van der Waals surface area contributed by atoms with Crippen LogP contribution in [-0.4, -0.2) is 48.8 Å². The van der Waals surface area contributed by atoms with E-state index in [1.807, 2.05) is 36.6 Å². The van der Waals surface area contributed by atoms with Crippen LogP contribution in [0.4, 0.5) is 10.5 Å². The van der Waals surface area contributed by atoms with Crippen LogP contribution in [0.5, 0.6) is 0 Å². The topological polar surface area (TPSA) is 65.0 Å². The molecule has 7 heteroatoms. The van der Waals surface area contributed by atoms with Crippen molar-refractivity contribution < 1.29 is 9.59 Å². The number of nitrogens with zero attached hydrogens (tertiary/aromatic N) is 3. The van der Waals surface area contributed by atoms with Crippen LogP contribution in [-0.2, 0) is 4.79 Å². The molecule has 0 unspecified atom stereocenters. The highest BCUT2D eigenvalue weighted by Gasteiger charge is 2.35. The van der Waals surface area contributed by atoms with E-state index in [9.17, 15) is 9.59 Å². The zero-order valence-electron chi connectivity index (χ0n) is 15.0. The molecule has 0 atom stereocenters. The van der Waals surface area contributed by atoms with Crippen LogP contribution in [0.3, 0.4) is 0 Å². The molecule has 27 heavy (non-hydrogen) atoms. The Bertz CT molecular complexity index is 916. The first kappa shape index (κ1) is 17.6. The normalized spacial score (nSPS) is 19.2. The first-order chi connectivity index (χ1) is 13.2. The minimum Gasteiger partial charge on any atom is -0.367 e. The summed E-state index contributed by atoms with van der Waals surface area (Å²) in [6.45, 7) is 1.48. The average Bonchev–Trinajstić information content (AvgIpc) is 2.69. The lowest BCUT2D eigenvalue weighted by Gasteiger charge is -2.40. The number of carbonyl (C=O) groups excluding carboxylic acids is 2. The number of urea groups is 1. The molecule has 3 heterocycles. The van der Waals surface area contributed by atoms with Gasteiger partial charge in [-0.1, -0.05) is 24.3 Å². The fourth-order valence-corrected chi connectivity index (χ4v) is 3.97. The summed E-state index contributed by atoms with van der Waals surface area (Å²) in [7, 11) is 0. The highest BCUT2D eigenvalue weighted by atomic mass is 32.2. The lowest BCUT2D eigenvalue weighted by atomic mass is 10.1. The number of amides is 2. The molecule has 3 aliphatic rings. The van der Waals surface area contributed by atoms with Crippen molar-refractivity contribution in [3.63, 3.8) is 0 Å². The Morgan fingerprint density at radius 3 is 2.93 bits per heavy atom. The third-order valence-electron chi connectivity index (χ3n) is 4.61. The van der Waals surface area contributed by atoms with Crippen LogP contribution >= 0.6 is 11.8 Å². The summed E-state index contributed by atoms with van der Waals surface area (Å²) in [5.74, 6) is 0.852. The van der Waals surface area contributed by atoms with Crippen LogP contribution in [0.25, 0.3) is 0 Å². The molecule has 0 radical (unpaired) electrons. The molecule has 3 aliphatic heterocycles. The zero-order chi connectivity index (χ0) is 18.8. The summed E-state index contributed by atoms with van der Waals surface area (Å²) in [4.78, 5) is 33.9. The molecule has 1 N–H and O–H groups in total. The van der Waals surface area contributed by atoms with Gasteiger partial charge in [0.1, 0.15) is 5.82 Å². The Kier molecular flexibility index (Phi) is 4.85. The molecule has 4 rings (SSSR count). The van der Waals surface area contributed by atoms with Crippen molar-refractivity contribution in [3.8, 4) is 0 Å². The minimum absolute atomic E-state index is 0.0215. The Hall–Kier alpha value is -2.80. The largest absolute Gasteiger partial charge is 0.367 e. The van der Waals surface area contributed by atoms with E-state index in [0.29, 0.717) is 31.8 Å². The Morgan fingerprint density at radius 1 is 1.26 bits per heavy atom. The standard InChI is InChI=1S/C20H20N4O2S/c1-27-18-7-3-2-6-17(18)24-19-14(5-4-9-22-19)12-23(20(24)26)13-15-11-16(25)8-10-21-15/h2-7,10-11,22H,8-9,12-13H2,1H3. The van der Waals surface area contributed by atoms with Crippen LogP contribution in [0.1, 0.15) is 6.42 Å². The van der Waals surface area contributed by atoms with Crippen molar-refractivity contribution in [2.75, 3.05) is 30.8 Å². The lowest BCUT2D eigenvalue weighted by molar-refractivity contribution is -0.113. The smallest absolute Gasteiger partial charge is 0.330 e. The van der Waals surface area contributed by atoms with Gasteiger partial charge >= 0.3 is 6.03 Å². The predicted octanol–water partition coefficient (Wildman–Crippen LogP) is 2.95. The molecule has 2 amide bonds. The average molecular weight is 380 g/mol. The predicted molar refractivity (Wildman–Crippen MR) is 108 cm³/mol. The van der Waals surface area contributed by atoms with E-state index in [2.05, 4.69) is 16.4 Å². The number of allylic oxidation sites excluding steroid dienone is 1. The van der Waals surface area contributed by atoms with Crippen molar-refractivity contribution in [2.24, 2.45) is 4.99 Å². The Balaban J connectivity index is 1.72. The van der Waals surface area contributed by atoms with Crippen LogP contribution in [0.2, 0.25) is 0 Å². The SMILES string of the molecule is CSc1ccccc1N1C(=O)N(CC2=CC(=O)CC=N2)CC2=C1NCC=C2. The number of rotatable bonds is 4. The van der Waals surface area contributed by atoms with E-state index in [1.165, 1.54) is 6.08 Å². The number of nitrogens with one attached hydrogen (secondary N) is 1. The number of dihydropyridines is 1. The van der Waals surface area contributed by atoms with Gasteiger partial charge in [0.25, 0.3) is 0 Å². The number of anilines is 1. The van der Waals surface area contributed by atoms with Crippen LogP contribution < -0.4 is 10.2 Å². The first-order valence-corrected chi connectivity index (χ1v) is 10.0. The van der Waals surface area contributed by atoms with E-state index in [-0.39, 0.29) is 11.8 Å². The van der Waals surface area contributed by atoms with Gasteiger partial charge in [-0.3, -0.25) is 9.79 Å². The number of hydrogen-bond acceptors (Lipinski definition) is 5. The molecule has 6 nitrogen and oxygen atoms in total. The van der Waals surface area contributed by atoms with Crippen molar-refractivity contribution in [1.82, 2.24) is 10.2 Å². The van der Waals surface area contributed by atoms with Gasteiger partial charge in [0, 0.05) is 35.7 Å². The summed E-state index contributed by atoms with van der Waals surface area (Å²) >= 11 is 1.61. The summed E-state index contributed by atoms with van der Waals surface area (Å²) in [6, 6.07) is 7.76. The number of ketones is 1. The monoisotopic (exact) mass is 380 g/mol. The van der Waals surface area contributed by atoms with Crippen LogP contribution in [0, 0.1) is 0 Å². The second kappa shape index (κ2) is 7.44. The van der Waals surface area contributed by atoms with Crippen molar-refractivity contribution >= 4 is 35.5 Å². The molecule has 0 aliphatic carbocycles. The maximum atomic E-state index is 13.4. The van der Waals surface area contributed by atoms with Gasteiger partial charge in [0.2, 0.25) is 0 Å². The number of hydrogen-bond donors (Lipinski definition) is 1. The van der Waals surface area contributed by atoms with E-state index < -0.39 is 0 Å². The maximum Gasteiger partial charge on any atom is 0.330 e. The summed E-state index contributed by atoms with van der Waals surface area (Å²) in [6.07, 6.45) is 9.58. The summed E-state index contributed by atoms with van der Waals surface area (Å²) in [5.41, 5.74) is 2.52. The van der Waals surface area contributed by atoms with Gasteiger partial charge in [0.05, 0.1) is 24.5 Å². The third-order valence-corrected chi connectivity index (χ3v) is 5.40. The van der Waals surface area contributed by atoms with Crippen LogP contribution in [0.15, 0.2) is 69.5 Å². The number of carbonyl (C=O) groups is 2. The second-order valence-corrected chi connectivity index (χ2v) is 7.27. The van der Waals surface area contributed by atoms with Gasteiger partial charge in [-0.2, -0.15) is 0 Å². The fraction of sp³-hybridized carbons (Fsp3) is 0.250. The van der Waals surface area contributed by atoms with Gasteiger partial charge in [0.15, 0.2) is 5.78 Å². The maximum absolute atomic E-state index is 13.4. The molecule has 0 aromatic heterocycles. The van der Waals surface area contributed by atoms with Crippen molar-refractivity contribution in [1.29, 1.82) is 0 Å². The number of benzene rings is 1. The molecular formula is C20H20N4O2S. The third kappa shape index (κ3) is 3.42. The molecule has 1 aromatic carbocycles. The van der Waals surface area contributed by atoms with E-state index in [1.54, 1.807) is 27.8 Å². The van der Waals surface area contributed by atoms with Crippen molar-refractivity contribution in [2.45, 2.75) is 11.3 Å². The fourth-order valence-electron chi connectivity index (χ4n) is 3.39. The molecule has 0 bridgehead atoms. The minimum atomic E-state index is -0.118. The van der Waals surface area contributed by atoms with E-state index >= 15 is 0 Å². The summed E-state index contributed by atoms with van der Waals surface area (Å²) < 4.78 is 0. The summed E-state index contributed by atoms with van der Waals surface area (Å²) in [5, 5.41) is 3.35. The number of aliphatic imine (C=N–C) groups is 1.